The van der Waals surface area contributed by atoms with Crippen LogP contribution in [0.15, 0.2) is 18.2 Å². The molecule has 1 fully saturated rings. The number of hydrogen-bond donors (Lipinski definition) is 1. The van der Waals surface area contributed by atoms with Gasteiger partial charge < -0.3 is 5.32 Å². The molecule has 1 atom stereocenters. The Hall–Kier alpha value is -0.570. The molecule has 1 aromatic carbocycles. The van der Waals surface area contributed by atoms with Crippen molar-refractivity contribution in [1.82, 2.24) is 10.2 Å². The van der Waals surface area contributed by atoms with E-state index < -0.39 is 0 Å². The van der Waals surface area contributed by atoms with E-state index in [1.807, 2.05) is 0 Å². The average molecular weight is 295 g/mol. The van der Waals surface area contributed by atoms with Crippen LogP contribution in [0.3, 0.4) is 0 Å². The summed E-state index contributed by atoms with van der Waals surface area (Å²) in [5.41, 5.74) is 2.49. The summed E-state index contributed by atoms with van der Waals surface area (Å²) in [4.78, 5) is 2.56. The van der Waals surface area contributed by atoms with E-state index in [2.05, 4.69) is 42.3 Å². The monoisotopic (exact) mass is 294 g/mol. The highest BCUT2D eigenvalue weighted by Gasteiger charge is 2.18. The summed E-state index contributed by atoms with van der Waals surface area (Å²) in [5.74, 6) is 0. The molecule has 112 valence electrons. The minimum Gasteiger partial charge on any atom is -0.313 e. The van der Waals surface area contributed by atoms with Crippen LogP contribution in [-0.4, -0.2) is 30.6 Å². The molecule has 1 N–H and O–H groups in total. The summed E-state index contributed by atoms with van der Waals surface area (Å²) < 4.78 is 0. The fraction of sp³-hybridized carbons (Fsp3) is 0.647. The third-order valence-corrected chi connectivity index (χ3v) is 4.42. The van der Waals surface area contributed by atoms with E-state index in [0.29, 0.717) is 6.04 Å². The van der Waals surface area contributed by atoms with Crippen molar-refractivity contribution in [3.8, 4) is 0 Å². The highest BCUT2D eigenvalue weighted by Crippen LogP contribution is 2.20. The predicted octanol–water partition coefficient (Wildman–Crippen LogP) is 4.00. The average Bonchev–Trinajstić information content (AvgIpc) is 2.92. The van der Waals surface area contributed by atoms with E-state index >= 15 is 0 Å². The molecule has 3 heteroatoms. The Balaban J connectivity index is 1.97. The first-order chi connectivity index (χ1) is 9.69. The van der Waals surface area contributed by atoms with Gasteiger partial charge in [-0.2, -0.15) is 0 Å². The first-order valence-electron chi connectivity index (χ1n) is 7.90. The molecule has 0 radical (unpaired) electrons. The molecule has 1 aliphatic rings. The Morgan fingerprint density at radius 3 is 2.90 bits per heavy atom. The van der Waals surface area contributed by atoms with Crippen molar-refractivity contribution < 1.29 is 0 Å². The van der Waals surface area contributed by atoms with Gasteiger partial charge in [0.05, 0.1) is 0 Å². The van der Waals surface area contributed by atoms with Crippen molar-refractivity contribution in [3.63, 3.8) is 0 Å². The molecule has 1 unspecified atom stereocenters. The third-order valence-electron chi connectivity index (χ3n) is 4.07. The van der Waals surface area contributed by atoms with Crippen molar-refractivity contribution in [2.24, 2.45) is 0 Å². The zero-order valence-corrected chi connectivity index (χ0v) is 13.5. The summed E-state index contributed by atoms with van der Waals surface area (Å²) in [6.45, 7) is 8.80. The van der Waals surface area contributed by atoms with Gasteiger partial charge in [-0.1, -0.05) is 37.1 Å². The van der Waals surface area contributed by atoms with Crippen molar-refractivity contribution in [2.45, 2.75) is 52.1 Å². The Morgan fingerprint density at radius 1 is 1.40 bits per heavy atom. The molecular formula is C17H27ClN2. The lowest BCUT2D eigenvalue weighted by atomic mass is 10.1. The first kappa shape index (κ1) is 15.8. The summed E-state index contributed by atoms with van der Waals surface area (Å²) in [7, 11) is 0. The molecule has 0 spiro atoms. The van der Waals surface area contributed by atoms with Crippen LogP contribution in [-0.2, 0) is 6.54 Å². The molecule has 2 nitrogen and oxygen atoms in total. The van der Waals surface area contributed by atoms with Gasteiger partial charge in [0, 0.05) is 24.2 Å². The summed E-state index contributed by atoms with van der Waals surface area (Å²) in [5, 5.41) is 4.51. The molecule has 1 saturated heterocycles. The van der Waals surface area contributed by atoms with Crippen molar-refractivity contribution >= 4 is 11.6 Å². The molecule has 0 aromatic heterocycles. The maximum Gasteiger partial charge on any atom is 0.0453 e. The second-order valence-corrected chi connectivity index (χ2v) is 6.38. The fourth-order valence-corrected chi connectivity index (χ4v) is 3.16. The highest BCUT2D eigenvalue weighted by molar-refractivity contribution is 6.31. The number of unbranched alkanes of at least 4 members (excludes halogenated alkanes) is 1. The van der Waals surface area contributed by atoms with Gasteiger partial charge in [-0.25, -0.2) is 0 Å². The lowest BCUT2D eigenvalue weighted by molar-refractivity contribution is 0.237. The topological polar surface area (TPSA) is 15.3 Å². The van der Waals surface area contributed by atoms with Crippen molar-refractivity contribution in [1.29, 1.82) is 0 Å². The normalized spacial score (nSPS) is 18.9. The molecule has 1 aromatic rings. The maximum absolute atomic E-state index is 6.38. The van der Waals surface area contributed by atoms with Gasteiger partial charge in [0.1, 0.15) is 0 Å². The van der Waals surface area contributed by atoms with Crippen LogP contribution in [0.2, 0.25) is 5.02 Å². The smallest absolute Gasteiger partial charge is 0.0453 e. The maximum atomic E-state index is 6.38. The number of aryl methyl sites for hydroxylation is 1. The molecular weight excluding hydrogens is 268 g/mol. The molecule has 1 aliphatic heterocycles. The van der Waals surface area contributed by atoms with Crippen LogP contribution in [0.5, 0.6) is 0 Å². The quantitative estimate of drug-likeness (QED) is 0.817. The molecule has 1 heterocycles. The Bertz CT molecular complexity index is 413. The number of nitrogens with zero attached hydrogens (tertiary/aromatic N) is 1. The van der Waals surface area contributed by atoms with Crippen LogP contribution >= 0.6 is 11.6 Å². The summed E-state index contributed by atoms with van der Waals surface area (Å²) >= 11 is 6.38. The Labute approximate surface area is 128 Å². The number of nitrogens with one attached hydrogen (secondary N) is 1. The van der Waals surface area contributed by atoms with Crippen LogP contribution in [0.1, 0.15) is 43.7 Å². The fourth-order valence-electron chi connectivity index (χ4n) is 2.86. The van der Waals surface area contributed by atoms with Crippen LogP contribution in [0, 0.1) is 6.92 Å². The second-order valence-electron chi connectivity index (χ2n) is 5.98. The SMILES string of the molecule is CCCCN(Cc1ccc(C)cc1Cl)CC1CCCN1. The zero-order chi connectivity index (χ0) is 14.4. The minimum absolute atomic E-state index is 0.663. The van der Waals surface area contributed by atoms with Crippen LogP contribution < -0.4 is 5.32 Å². The number of hydrogen-bond acceptors (Lipinski definition) is 2. The summed E-state index contributed by atoms with van der Waals surface area (Å²) in [6.07, 6.45) is 5.13. The largest absolute Gasteiger partial charge is 0.313 e. The van der Waals surface area contributed by atoms with Gasteiger partial charge in [-0.3, -0.25) is 4.90 Å². The van der Waals surface area contributed by atoms with E-state index in [9.17, 15) is 0 Å². The standard InChI is InChI=1S/C17H27ClN2/c1-3-4-10-20(13-16-6-5-9-19-16)12-15-8-7-14(2)11-17(15)18/h7-8,11,16,19H,3-6,9-10,12-13H2,1-2H3. The van der Waals surface area contributed by atoms with Crippen LogP contribution in [0.4, 0.5) is 0 Å². The lowest BCUT2D eigenvalue weighted by Gasteiger charge is -2.26. The minimum atomic E-state index is 0.663. The van der Waals surface area contributed by atoms with E-state index in [4.69, 9.17) is 11.6 Å². The third kappa shape index (κ3) is 4.76. The second kappa shape index (κ2) is 8.02. The van der Waals surface area contributed by atoms with Gasteiger partial charge in [0.15, 0.2) is 0 Å². The van der Waals surface area contributed by atoms with Gasteiger partial charge in [0.25, 0.3) is 0 Å². The lowest BCUT2D eigenvalue weighted by Crippen LogP contribution is -2.37. The summed E-state index contributed by atoms with van der Waals surface area (Å²) in [6, 6.07) is 7.07. The first-order valence-corrected chi connectivity index (χ1v) is 8.27. The molecule has 0 aliphatic carbocycles. The Kier molecular flexibility index (Phi) is 6.34. The number of benzene rings is 1. The molecule has 2 rings (SSSR count). The predicted molar refractivity (Wildman–Crippen MR) is 87.4 cm³/mol. The molecule has 0 saturated carbocycles. The number of rotatable bonds is 7. The van der Waals surface area contributed by atoms with Gasteiger partial charge >= 0.3 is 0 Å². The van der Waals surface area contributed by atoms with Gasteiger partial charge in [-0.15, -0.1) is 0 Å². The van der Waals surface area contributed by atoms with E-state index in [0.717, 1.165) is 18.1 Å². The van der Waals surface area contributed by atoms with Crippen molar-refractivity contribution in [2.75, 3.05) is 19.6 Å². The zero-order valence-electron chi connectivity index (χ0n) is 12.8. The molecule has 20 heavy (non-hydrogen) atoms. The molecule has 0 bridgehead atoms. The van der Waals surface area contributed by atoms with E-state index in [-0.39, 0.29) is 0 Å². The van der Waals surface area contributed by atoms with Crippen LogP contribution in [0.25, 0.3) is 0 Å². The highest BCUT2D eigenvalue weighted by atomic mass is 35.5. The van der Waals surface area contributed by atoms with E-state index in [1.54, 1.807) is 0 Å². The van der Waals surface area contributed by atoms with Crippen molar-refractivity contribution in [3.05, 3.63) is 34.3 Å². The van der Waals surface area contributed by atoms with Gasteiger partial charge in [0.2, 0.25) is 0 Å². The Morgan fingerprint density at radius 2 is 2.25 bits per heavy atom. The van der Waals surface area contributed by atoms with Gasteiger partial charge in [-0.05, 0) is 56.5 Å². The molecule has 0 amide bonds. The van der Waals surface area contributed by atoms with E-state index in [1.165, 1.54) is 49.9 Å². The number of halogens is 1.